The van der Waals surface area contributed by atoms with Crippen LogP contribution in [0.25, 0.3) is 0 Å². The lowest BCUT2D eigenvalue weighted by Crippen LogP contribution is -2.15. The van der Waals surface area contributed by atoms with E-state index < -0.39 is 0 Å². The van der Waals surface area contributed by atoms with E-state index in [1.807, 2.05) is 0 Å². The molecule has 1 atom stereocenters. The van der Waals surface area contributed by atoms with Crippen LogP contribution >= 0.6 is 0 Å². The zero-order valence-electron chi connectivity index (χ0n) is 14.9. The molecule has 0 aliphatic rings. The van der Waals surface area contributed by atoms with Crippen molar-refractivity contribution in [1.29, 1.82) is 0 Å². The fourth-order valence-electron chi connectivity index (χ4n) is 3.14. The molecule has 2 aromatic carbocycles. The Morgan fingerprint density at radius 1 is 0.913 bits per heavy atom. The first-order valence-electron chi connectivity index (χ1n) is 8.48. The van der Waals surface area contributed by atoms with Crippen molar-refractivity contribution in [2.45, 2.75) is 46.5 Å². The van der Waals surface area contributed by atoms with E-state index in [0.717, 1.165) is 25.2 Å². The summed E-state index contributed by atoms with van der Waals surface area (Å²) in [6.07, 6.45) is 2.08. The van der Waals surface area contributed by atoms with Crippen LogP contribution in [0.3, 0.4) is 0 Å². The molecule has 2 rings (SSSR count). The summed E-state index contributed by atoms with van der Waals surface area (Å²) in [6, 6.07) is 13.0. The molecule has 0 radical (unpaired) electrons. The monoisotopic (exact) mass is 311 g/mol. The summed E-state index contributed by atoms with van der Waals surface area (Å²) >= 11 is 0. The fraction of sp³-hybridized carbons (Fsp3) is 0.429. The number of benzene rings is 2. The molecular formula is C21H29NO. The molecule has 0 saturated heterocycles. The highest BCUT2D eigenvalue weighted by Gasteiger charge is 2.12. The smallest absolute Gasteiger partial charge is 0.119 e. The van der Waals surface area contributed by atoms with Crippen LogP contribution < -0.4 is 10.5 Å². The largest absolute Gasteiger partial charge is 0.494 e. The first-order valence-corrected chi connectivity index (χ1v) is 8.48. The topological polar surface area (TPSA) is 35.2 Å². The Bertz CT molecular complexity index is 628. The highest BCUT2D eigenvalue weighted by atomic mass is 16.5. The number of ether oxygens (including phenoxy) is 1. The summed E-state index contributed by atoms with van der Waals surface area (Å²) in [7, 11) is 0. The molecule has 2 aromatic rings. The van der Waals surface area contributed by atoms with Crippen LogP contribution in [0.5, 0.6) is 5.75 Å². The van der Waals surface area contributed by atoms with E-state index in [0.29, 0.717) is 12.5 Å². The second-order valence-corrected chi connectivity index (χ2v) is 6.61. The highest BCUT2D eigenvalue weighted by Crippen LogP contribution is 2.25. The molecule has 2 N–H and O–H groups in total. The van der Waals surface area contributed by atoms with Gasteiger partial charge in [-0.05, 0) is 87.4 Å². The van der Waals surface area contributed by atoms with Gasteiger partial charge in [0, 0.05) is 0 Å². The summed E-state index contributed by atoms with van der Waals surface area (Å²) in [4.78, 5) is 0. The third-order valence-electron chi connectivity index (χ3n) is 4.32. The van der Waals surface area contributed by atoms with Crippen molar-refractivity contribution >= 4 is 0 Å². The molecule has 124 valence electrons. The van der Waals surface area contributed by atoms with Crippen LogP contribution in [-0.4, -0.2) is 13.2 Å². The van der Waals surface area contributed by atoms with E-state index in [1.165, 1.54) is 27.8 Å². The van der Waals surface area contributed by atoms with Crippen molar-refractivity contribution in [3.05, 3.63) is 64.2 Å². The van der Waals surface area contributed by atoms with Crippen molar-refractivity contribution in [2.24, 2.45) is 5.73 Å². The van der Waals surface area contributed by atoms with Gasteiger partial charge in [0.2, 0.25) is 0 Å². The van der Waals surface area contributed by atoms with E-state index in [9.17, 15) is 0 Å². The maximum absolute atomic E-state index is 6.02. The standard InChI is InChI=1S/C21H29NO/c1-15-7-8-18(4)21(13-15)19(14-22)6-5-9-23-20-11-16(2)10-17(3)12-20/h7-8,10-13,19H,5-6,9,14,22H2,1-4H3. The predicted molar refractivity (Wildman–Crippen MR) is 98.4 cm³/mol. The zero-order chi connectivity index (χ0) is 16.8. The molecule has 0 fully saturated rings. The van der Waals surface area contributed by atoms with Gasteiger partial charge in [0.1, 0.15) is 5.75 Å². The van der Waals surface area contributed by atoms with Gasteiger partial charge in [-0.1, -0.05) is 29.8 Å². The molecule has 0 aliphatic heterocycles. The van der Waals surface area contributed by atoms with Gasteiger partial charge >= 0.3 is 0 Å². The third kappa shape index (κ3) is 5.11. The molecule has 2 heteroatoms. The molecule has 0 heterocycles. The van der Waals surface area contributed by atoms with Crippen molar-refractivity contribution < 1.29 is 4.74 Å². The molecule has 0 amide bonds. The van der Waals surface area contributed by atoms with Gasteiger partial charge in [-0.15, -0.1) is 0 Å². The summed E-state index contributed by atoms with van der Waals surface area (Å²) in [5.74, 6) is 1.39. The van der Waals surface area contributed by atoms with Crippen LogP contribution in [0.4, 0.5) is 0 Å². The number of rotatable bonds is 7. The van der Waals surface area contributed by atoms with Gasteiger partial charge in [-0.25, -0.2) is 0 Å². The Labute approximate surface area is 140 Å². The number of hydrogen-bond acceptors (Lipinski definition) is 2. The van der Waals surface area contributed by atoms with Gasteiger partial charge in [0.05, 0.1) is 6.61 Å². The second kappa shape index (κ2) is 8.16. The molecule has 0 bridgehead atoms. The summed E-state index contributed by atoms with van der Waals surface area (Å²) in [5.41, 5.74) is 12.5. The third-order valence-corrected chi connectivity index (χ3v) is 4.32. The van der Waals surface area contributed by atoms with E-state index in [2.05, 4.69) is 64.1 Å². The molecule has 0 saturated carbocycles. The first kappa shape index (κ1) is 17.6. The summed E-state index contributed by atoms with van der Waals surface area (Å²) in [6.45, 7) is 9.94. The number of aryl methyl sites for hydroxylation is 4. The first-order chi connectivity index (χ1) is 11.0. The van der Waals surface area contributed by atoms with Crippen LogP contribution in [0.1, 0.15) is 46.6 Å². The normalized spacial score (nSPS) is 12.2. The molecule has 23 heavy (non-hydrogen) atoms. The quantitative estimate of drug-likeness (QED) is 0.744. The second-order valence-electron chi connectivity index (χ2n) is 6.61. The van der Waals surface area contributed by atoms with E-state index >= 15 is 0 Å². The molecule has 1 unspecified atom stereocenters. The van der Waals surface area contributed by atoms with Gasteiger partial charge in [-0.2, -0.15) is 0 Å². The fourth-order valence-corrected chi connectivity index (χ4v) is 3.14. The molecular weight excluding hydrogens is 282 g/mol. The minimum absolute atomic E-state index is 0.415. The Hall–Kier alpha value is -1.80. The van der Waals surface area contributed by atoms with Crippen LogP contribution in [0.2, 0.25) is 0 Å². The Kier molecular flexibility index (Phi) is 6.23. The van der Waals surface area contributed by atoms with Crippen molar-refractivity contribution in [2.75, 3.05) is 13.2 Å². The van der Waals surface area contributed by atoms with Crippen molar-refractivity contribution in [3.63, 3.8) is 0 Å². The molecule has 0 spiro atoms. The molecule has 2 nitrogen and oxygen atoms in total. The average molecular weight is 311 g/mol. The molecule has 0 aromatic heterocycles. The van der Waals surface area contributed by atoms with Gasteiger partial charge < -0.3 is 10.5 Å². The summed E-state index contributed by atoms with van der Waals surface area (Å²) in [5, 5.41) is 0. The average Bonchev–Trinajstić information content (AvgIpc) is 2.49. The Balaban J connectivity index is 1.90. The van der Waals surface area contributed by atoms with Crippen LogP contribution in [0.15, 0.2) is 36.4 Å². The van der Waals surface area contributed by atoms with Gasteiger partial charge in [0.25, 0.3) is 0 Å². The summed E-state index contributed by atoms with van der Waals surface area (Å²) < 4.78 is 5.91. The number of nitrogens with two attached hydrogens (primary N) is 1. The Morgan fingerprint density at radius 2 is 1.61 bits per heavy atom. The minimum Gasteiger partial charge on any atom is -0.494 e. The lowest BCUT2D eigenvalue weighted by molar-refractivity contribution is 0.301. The van der Waals surface area contributed by atoms with Crippen molar-refractivity contribution in [3.8, 4) is 5.75 Å². The van der Waals surface area contributed by atoms with Crippen LogP contribution in [-0.2, 0) is 0 Å². The molecule has 0 aliphatic carbocycles. The van der Waals surface area contributed by atoms with E-state index in [1.54, 1.807) is 0 Å². The maximum Gasteiger partial charge on any atom is 0.119 e. The Morgan fingerprint density at radius 3 is 2.26 bits per heavy atom. The lowest BCUT2D eigenvalue weighted by atomic mass is 9.90. The predicted octanol–water partition coefficient (Wildman–Crippen LogP) is 4.82. The minimum atomic E-state index is 0.415. The highest BCUT2D eigenvalue weighted by molar-refractivity contribution is 5.34. The van der Waals surface area contributed by atoms with E-state index in [4.69, 9.17) is 10.5 Å². The SMILES string of the molecule is Cc1cc(C)cc(OCCCC(CN)c2cc(C)ccc2C)c1. The van der Waals surface area contributed by atoms with E-state index in [-0.39, 0.29) is 0 Å². The number of hydrogen-bond donors (Lipinski definition) is 1. The van der Waals surface area contributed by atoms with Gasteiger partial charge in [0.15, 0.2) is 0 Å². The van der Waals surface area contributed by atoms with Gasteiger partial charge in [-0.3, -0.25) is 0 Å². The van der Waals surface area contributed by atoms with Crippen LogP contribution in [0, 0.1) is 27.7 Å². The van der Waals surface area contributed by atoms with Crippen molar-refractivity contribution in [1.82, 2.24) is 0 Å². The zero-order valence-corrected chi connectivity index (χ0v) is 14.9. The lowest BCUT2D eigenvalue weighted by Gasteiger charge is -2.18. The maximum atomic E-state index is 6.02.